The number of carbonyl (C=O) groups excluding carboxylic acids is 1. The van der Waals surface area contributed by atoms with Crippen LogP contribution in [-0.4, -0.2) is 52.9 Å². The highest BCUT2D eigenvalue weighted by Crippen LogP contribution is 2.39. The van der Waals surface area contributed by atoms with Crippen LogP contribution in [0, 0.1) is 0 Å². The van der Waals surface area contributed by atoms with Crippen LogP contribution in [0.2, 0.25) is 0 Å². The molecule has 3 N–H and O–H groups in total. The van der Waals surface area contributed by atoms with Gasteiger partial charge >= 0.3 is 0 Å². The molecular weight excluding hydrogens is 564 g/mol. The second-order valence-electron chi connectivity index (χ2n) is 13.2. The number of likely N-dealkylation sites (tertiary alicyclic amines) is 1. The molecule has 1 amide bonds. The Hall–Kier alpha value is -2.29. The largest absolute Gasteiger partial charge is 0.392 e. The van der Waals surface area contributed by atoms with E-state index in [-0.39, 0.29) is 30.8 Å². The second kappa shape index (κ2) is 20.1. The van der Waals surface area contributed by atoms with E-state index in [9.17, 15) is 15.0 Å². The average molecular weight is 623 g/mol. The van der Waals surface area contributed by atoms with Crippen LogP contribution in [0.4, 0.5) is 5.69 Å². The van der Waals surface area contributed by atoms with Gasteiger partial charge in [-0.2, -0.15) is 0 Å². The molecule has 2 saturated heterocycles. The highest BCUT2D eigenvalue weighted by molar-refractivity contribution is 5.90. The molecule has 0 radical (unpaired) electrons. The maximum atomic E-state index is 12.7. The van der Waals surface area contributed by atoms with Gasteiger partial charge in [0, 0.05) is 43.7 Å². The number of hydrogen-bond donors (Lipinski definition) is 3. The summed E-state index contributed by atoms with van der Waals surface area (Å²) in [6.45, 7) is 4.54. The number of unbranched alkanes of at least 4 members (excludes halogenated alkanes) is 12. The lowest BCUT2D eigenvalue weighted by molar-refractivity contribution is -0.252. The number of hydrogen-bond acceptors (Lipinski definition) is 6. The van der Waals surface area contributed by atoms with E-state index in [4.69, 9.17) is 9.47 Å². The fraction of sp³-hybridized carbons (Fsp3) is 0.658. The van der Waals surface area contributed by atoms with Gasteiger partial charge in [-0.3, -0.25) is 9.69 Å². The number of carbonyl (C=O) groups is 1. The van der Waals surface area contributed by atoms with Gasteiger partial charge in [-0.25, -0.2) is 0 Å². The molecule has 7 nitrogen and oxygen atoms in total. The number of aliphatic hydroxyl groups excluding tert-OH is 2. The van der Waals surface area contributed by atoms with Gasteiger partial charge in [0.2, 0.25) is 5.91 Å². The van der Waals surface area contributed by atoms with Crippen molar-refractivity contribution in [3.63, 3.8) is 0 Å². The number of aliphatic hydroxyl groups is 2. The van der Waals surface area contributed by atoms with E-state index in [1.54, 1.807) is 0 Å². The summed E-state index contributed by atoms with van der Waals surface area (Å²) in [7, 11) is 0. The summed E-state index contributed by atoms with van der Waals surface area (Å²) in [6, 6.07) is 15.7. The Morgan fingerprint density at radius 3 is 2.16 bits per heavy atom. The summed E-state index contributed by atoms with van der Waals surface area (Å²) >= 11 is 0. The minimum atomic E-state index is -0.572. The third-order valence-corrected chi connectivity index (χ3v) is 9.27. The van der Waals surface area contributed by atoms with Crippen molar-refractivity contribution in [2.75, 3.05) is 25.0 Å². The Kier molecular flexibility index (Phi) is 15.8. The normalized spacial score (nSPS) is 22.1. The van der Waals surface area contributed by atoms with Gasteiger partial charge in [-0.15, -0.1) is 0 Å². The van der Waals surface area contributed by atoms with Gasteiger partial charge in [-0.1, -0.05) is 120 Å². The van der Waals surface area contributed by atoms with Crippen molar-refractivity contribution in [3.05, 3.63) is 65.2 Å². The zero-order valence-corrected chi connectivity index (χ0v) is 27.6. The quantitative estimate of drug-likeness (QED) is 0.129. The van der Waals surface area contributed by atoms with Gasteiger partial charge in [-0.05, 0) is 36.1 Å². The van der Waals surface area contributed by atoms with Crippen molar-refractivity contribution in [2.24, 2.45) is 0 Å². The highest BCUT2D eigenvalue weighted by Gasteiger charge is 2.34. The van der Waals surface area contributed by atoms with Crippen LogP contribution in [0.25, 0.3) is 0 Å². The summed E-state index contributed by atoms with van der Waals surface area (Å²) in [5.41, 5.74) is 3.55. The number of benzene rings is 2. The SMILES string of the molecule is CCCCCCCCCCCCCCCC(=O)Nc1cccc(C2OC(CN3CCC(O)C3)CC(c3ccc(CO)cc3)O2)c1. The van der Waals surface area contributed by atoms with E-state index in [1.165, 1.54) is 70.6 Å². The third kappa shape index (κ3) is 12.8. The van der Waals surface area contributed by atoms with E-state index in [0.29, 0.717) is 19.4 Å². The smallest absolute Gasteiger partial charge is 0.224 e. The molecule has 4 rings (SSSR count). The Labute approximate surface area is 271 Å². The molecule has 2 aromatic carbocycles. The van der Waals surface area contributed by atoms with E-state index < -0.39 is 6.29 Å². The van der Waals surface area contributed by atoms with Crippen molar-refractivity contribution in [1.29, 1.82) is 0 Å². The average Bonchev–Trinajstić information content (AvgIpc) is 3.47. The first-order valence-electron chi connectivity index (χ1n) is 17.8. The standard InChI is InChI=1S/C38H58N2O5/c1-2-3-4-5-6-7-8-9-10-11-12-13-14-18-37(43)39-33-17-15-16-32(25-33)38-44-35(28-40-24-23-34(42)27-40)26-36(45-38)31-21-19-30(29-41)20-22-31/h15-17,19-22,25,34-36,38,41-42H,2-14,18,23-24,26-29H2,1H3,(H,39,43). The number of amides is 1. The molecule has 2 aromatic rings. The van der Waals surface area contributed by atoms with Gasteiger partial charge in [0.05, 0.1) is 24.9 Å². The summed E-state index contributed by atoms with van der Waals surface area (Å²) < 4.78 is 13.0. The zero-order chi connectivity index (χ0) is 31.7. The maximum absolute atomic E-state index is 12.7. The molecule has 0 spiro atoms. The monoisotopic (exact) mass is 622 g/mol. The summed E-state index contributed by atoms with van der Waals surface area (Å²) in [4.78, 5) is 15.0. The van der Waals surface area contributed by atoms with Crippen molar-refractivity contribution < 1.29 is 24.5 Å². The lowest BCUT2D eigenvalue weighted by atomic mass is 9.99. The molecule has 0 bridgehead atoms. The minimum Gasteiger partial charge on any atom is -0.392 e. The molecule has 0 saturated carbocycles. The lowest BCUT2D eigenvalue weighted by Crippen LogP contribution is -2.38. The molecule has 2 heterocycles. The molecule has 0 aromatic heterocycles. The van der Waals surface area contributed by atoms with Crippen molar-refractivity contribution in [3.8, 4) is 0 Å². The number of rotatable bonds is 20. The van der Waals surface area contributed by atoms with Crippen molar-refractivity contribution in [1.82, 2.24) is 4.90 Å². The van der Waals surface area contributed by atoms with Crippen LogP contribution in [0.3, 0.4) is 0 Å². The Balaban J connectivity index is 1.21. The number of nitrogens with zero attached hydrogens (tertiary/aromatic N) is 1. The predicted molar refractivity (Wildman–Crippen MR) is 181 cm³/mol. The second-order valence-corrected chi connectivity index (χ2v) is 13.2. The first kappa shape index (κ1) is 35.6. The van der Waals surface area contributed by atoms with E-state index in [0.717, 1.165) is 54.7 Å². The molecule has 4 atom stereocenters. The highest BCUT2D eigenvalue weighted by atomic mass is 16.7. The summed E-state index contributed by atoms with van der Waals surface area (Å²) in [6.07, 6.45) is 17.7. The van der Waals surface area contributed by atoms with Crippen molar-refractivity contribution >= 4 is 11.6 Å². The minimum absolute atomic E-state index is 0.00925. The molecule has 2 fully saturated rings. The van der Waals surface area contributed by atoms with Gasteiger partial charge in [0.25, 0.3) is 0 Å². The first-order chi connectivity index (χ1) is 22.0. The van der Waals surface area contributed by atoms with Gasteiger partial charge in [0.1, 0.15) is 0 Å². The number of nitrogens with one attached hydrogen (secondary N) is 1. The number of anilines is 1. The number of β-amino-alcohol motifs (C(OH)–C–C–N with tert-alkyl or cyclic N) is 1. The van der Waals surface area contributed by atoms with Crippen LogP contribution < -0.4 is 5.32 Å². The first-order valence-corrected chi connectivity index (χ1v) is 17.8. The van der Waals surface area contributed by atoms with Crippen LogP contribution in [0.15, 0.2) is 48.5 Å². The Bertz CT molecular complexity index is 1110. The van der Waals surface area contributed by atoms with Crippen LogP contribution >= 0.6 is 0 Å². The predicted octanol–water partition coefficient (Wildman–Crippen LogP) is 8.21. The molecule has 250 valence electrons. The lowest BCUT2D eigenvalue weighted by Gasteiger charge is -2.38. The summed E-state index contributed by atoms with van der Waals surface area (Å²) in [5.74, 6) is 0.0491. The van der Waals surface area contributed by atoms with Gasteiger partial charge in [0.15, 0.2) is 6.29 Å². The molecular formula is C38H58N2O5. The topological polar surface area (TPSA) is 91.3 Å². The number of ether oxygens (including phenoxy) is 2. The Morgan fingerprint density at radius 1 is 0.867 bits per heavy atom. The Morgan fingerprint density at radius 2 is 1.53 bits per heavy atom. The zero-order valence-electron chi connectivity index (χ0n) is 27.6. The van der Waals surface area contributed by atoms with Crippen molar-refractivity contribution in [2.45, 2.75) is 141 Å². The molecule has 2 aliphatic heterocycles. The molecule has 2 aliphatic rings. The molecule has 0 aliphatic carbocycles. The molecule has 45 heavy (non-hydrogen) atoms. The van der Waals surface area contributed by atoms with Crippen LogP contribution in [0.5, 0.6) is 0 Å². The summed E-state index contributed by atoms with van der Waals surface area (Å²) in [5, 5.41) is 22.6. The maximum Gasteiger partial charge on any atom is 0.224 e. The fourth-order valence-corrected chi connectivity index (χ4v) is 6.59. The molecule has 4 unspecified atom stereocenters. The fourth-order valence-electron chi connectivity index (χ4n) is 6.59. The third-order valence-electron chi connectivity index (χ3n) is 9.27. The van der Waals surface area contributed by atoms with E-state index in [1.807, 2.05) is 48.5 Å². The van der Waals surface area contributed by atoms with Gasteiger partial charge < -0.3 is 25.0 Å². The van der Waals surface area contributed by atoms with E-state index in [2.05, 4.69) is 17.1 Å². The van der Waals surface area contributed by atoms with Crippen LogP contribution in [-0.2, 0) is 20.9 Å². The molecule has 7 heteroatoms. The van der Waals surface area contributed by atoms with E-state index >= 15 is 0 Å². The van der Waals surface area contributed by atoms with Crippen LogP contribution in [0.1, 0.15) is 139 Å².